The van der Waals surface area contributed by atoms with Crippen LogP contribution in [0.5, 0.6) is 0 Å². The Morgan fingerprint density at radius 3 is 2.74 bits per heavy atom. The zero-order valence-electron chi connectivity index (χ0n) is 11.8. The molecule has 0 aromatic carbocycles. The van der Waals surface area contributed by atoms with Crippen molar-refractivity contribution in [2.75, 3.05) is 32.8 Å². The first-order valence-corrected chi connectivity index (χ1v) is 6.69. The predicted molar refractivity (Wildman–Crippen MR) is 71.9 cm³/mol. The van der Waals surface area contributed by atoms with Gasteiger partial charge in [-0.05, 0) is 20.8 Å². The first kappa shape index (κ1) is 14.0. The van der Waals surface area contributed by atoms with Gasteiger partial charge in [0.1, 0.15) is 0 Å². The number of nitrogens with one attached hydrogen (secondary N) is 2. The van der Waals surface area contributed by atoms with Gasteiger partial charge in [-0.15, -0.1) is 0 Å². The van der Waals surface area contributed by atoms with Gasteiger partial charge < -0.3 is 10.1 Å². The number of amides is 1. The largest absolute Gasteiger partial charge is 0.379 e. The summed E-state index contributed by atoms with van der Waals surface area (Å²) in [7, 11) is 0. The maximum absolute atomic E-state index is 12.0. The van der Waals surface area contributed by atoms with Crippen LogP contribution >= 0.6 is 0 Å². The standard InChI is InChI=1S/C13H22N4O2/c1-9(13-10(2)15-16-11(13)3)14-12(18)8-17-4-6-19-7-5-17/h9H,4-8H2,1-3H3,(H,14,18)(H,15,16)/t9-/m0/s1. The van der Waals surface area contributed by atoms with E-state index in [-0.39, 0.29) is 11.9 Å². The average Bonchev–Trinajstić information content (AvgIpc) is 2.70. The van der Waals surface area contributed by atoms with Crippen molar-refractivity contribution in [1.29, 1.82) is 0 Å². The maximum atomic E-state index is 12.0. The van der Waals surface area contributed by atoms with E-state index in [9.17, 15) is 4.79 Å². The molecule has 1 amide bonds. The monoisotopic (exact) mass is 266 g/mol. The van der Waals surface area contributed by atoms with Crippen LogP contribution in [0.25, 0.3) is 0 Å². The van der Waals surface area contributed by atoms with Gasteiger partial charge in [-0.25, -0.2) is 0 Å². The number of rotatable bonds is 4. The Labute approximate surface area is 113 Å². The maximum Gasteiger partial charge on any atom is 0.234 e. The molecule has 1 aromatic rings. The van der Waals surface area contributed by atoms with E-state index in [2.05, 4.69) is 20.4 Å². The Kier molecular flexibility index (Phi) is 4.55. The quantitative estimate of drug-likeness (QED) is 0.834. The highest BCUT2D eigenvalue weighted by Gasteiger charge is 2.19. The lowest BCUT2D eigenvalue weighted by molar-refractivity contribution is -0.123. The van der Waals surface area contributed by atoms with Gasteiger partial charge in [0.2, 0.25) is 5.91 Å². The van der Waals surface area contributed by atoms with E-state index in [0.29, 0.717) is 19.8 Å². The molecule has 0 unspecified atom stereocenters. The highest BCUT2D eigenvalue weighted by Crippen LogP contribution is 2.18. The third-order valence-electron chi connectivity index (χ3n) is 3.47. The number of aromatic amines is 1. The van der Waals surface area contributed by atoms with E-state index in [1.807, 2.05) is 20.8 Å². The summed E-state index contributed by atoms with van der Waals surface area (Å²) >= 11 is 0. The fourth-order valence-corrected chi connectivity index (χ4v) is 2.52. The molecule has 0 saturated carbocycles. The third kappa shape index (κ3) is 3.54. The minimum absolute atomic E-state index is 0.0210. The Balaban J connectivity index is 1.88. The molecule has 1 aliphatic rings. The lowest BCUT2D eigenvalue weighted by atomic mass is 10.1. The summed E-state index contributed by atoms with van der Waals surface area (Å²) in [4.78, 5) is 14.1. The van der Waals surface area contributed by atoms with E-state index in [0.717, 1.165) is 30.0 Å². The van der Waals surface area contributed by atoms with Crippen molar-refractivity contribution in [3.63, 3.8) is 0 Å². The Bertz CT molecular complexity index is 418. The molecule has 1 fully saturated rings. The van der Waals surface area contributed by atoms with Crippen LogP contribution in [0.15, 0.2) is 0 Å². The molecule has 0 bridgehead atoms. The SMILES string of the molecule is Cc1n[nH]c(C)c1[C@H](C)NC(=O)CN1CCOCC1. The number of ether oxygens (including phenoxy) is 1. The number of aromatic nitrogens is 2. The molecule has 2 heterocycles. The molecule has 106 valence electrons. The summed E-state index contributed by atoms with van der Waals surface area (Å²) in [5, 5.41) is 10.1. The number of aryl methyl sites for hydroxylation is 2. The second-order valence-electron chi connectivity index (χ2n) is 5.03. The van der Waals surface area contributed by atoms with Crippen molar-refractivity contribution in [2.45, 2.75) is 26.8 Å². The van der Waals surface area contributed by atoms with Crippen LogP contribution in [0, 0.1) is 13.8 Å². The van der Waals surface area contributed by atoms with E-state index in [4.69, 9.17) is 4.74 Å². The molecule has 6 heteroatoms. The topological polar surface area (TPSA) is 70.2 Å². The van der Waals surface area contributed by atoms with Gasteiger partial charge in [0, 0.05) is 24.3 Å². The fraction of sp³-hybridized carbons (Fsp3) is 0.692. The number of nitrogens with zero attached hydrogens (tertiary/aromatic N) is 2. The Morgan fingerprint density at radius 2 is 2.16 bits per heavy atom. The molecule has 6 nitrogen and oxygen atoms in total. The van der Waals surface area contributed by atoms with E-state index in [1.165, 1.54) is 0 Å². The van der Waals surface area contributed by atoms with Crippen molar-refractivity contribution >= 4 is 5.91 Å². The number of carbonyl (C=O) groups is 1. The van der Waals surface area contributed by atoms with Crippen molar-refractivity contribution in [3.05, 3.63) is 17.0 Å². The van der Waals surface area contributed by atoms with Crippen molar-refractivity contribution in [1.82, 2.24) is 20.4 Å². The lowest BCUT2D eigenvalue weighted by Crippen LogP contribution is -2.43. The molecule has 1 saturated heterocycles. The molecule has 19 heavy (non-hydrogen) atoms. The highest BCUT2D eigenvalue weighted by molar-refractivity contribution is 5.78. The Hall–Kier alpha value is -1.40. The highest BCUT2D eigenvalue weighted by atomic mass is 16.5. The number of morpholine rings is 1. The fourth-order valence-electron chi connectivity index (χ4n) is 2.52. The van der Waals surface area contributed by atoms with E-state index in [1.54, 1.807) is 0 Å². The number of H-pyrrole nitrogens is 1. The van der Waals surface area contributed by atoms with Crippen molar-refractivity contribution < 1.29 is 9.53 Å². The van der Waals surface area contributed by atoms with Gasteiger partial charge >= 0.3 is 0 Å². The average molecular weight is 266 g/mol. The van der Waals surface area contributed by atoms with Gasteiger partial charge in [-0.1, -0.05) is 0 Å². The second-order valence-corrected chi connectivity index (χ2v) is 5.03. The minimum Gasteiger partial charge on any atom is -0.379 e. The van der Waals surface area contributed by atoms with Crippen molar-refractivity contribution in [3.8, 4) is 0 Å². The summed E-state index contributed by atoms with van der Waals surface area (Å²) in [6, 6.07) is -0.0210. The van der Waals surface area contributed by atoms with Crippen LogP contribution in [-0.4, -0.2) is 53.9 Å². The lowest BCUT2D eigenvalue weighted by Gasteiger charge is -2.26. The summed E-state index contributed by atoms with van der Waals surface area (Å²) in [5.41, 5.74) is 3.03. The molecular weight excluding hydrogens is 244 g/mol. The molecule has 0 aliphatic carbocycles. The van der Waals surface area contributed by atoms with Crippen LogP contribution < -0.4 is 5.32 Å². The van der Waals surface area contributed by atoms with Crippen LogP contribution in [0.3, 0.4) is 0 Å². The van der Waals surface area contributed by atoms with Crippen LogP contribution in [0.4, 0.5) is 0 Å². The van der Waals surface area contributed by atoms with Crippen LogP contribution in [0.1, 0.15) is 29.9 Å². The van der Waals surface area contributed by atoms with Gasteiger partial charge in [-0.3, -0.25) is 14.8 Å². The van der Waals surface area contributed by atoms with Gasteiger partial charge in [0.05, 0.1) is 31.5 Å². The van der Waals surface area contributed by atoms with E-state index < -0.39 is 0 Å². The molecule has 1 aromatic heterocycles. The Morgan fingerprint density at radius 1 is 1.47 bits per heavy atom. The first-order valence-electron chi connectivity index (χ1n) is 6.69. The molecule has 2 N–H and O–H groups in total. The zero-order valence-corrected chi connectivity index (χ0v) is 11.8. The molecule has 2 rings (SSSR count). The number of hydrogen-bond donors (Lipinski definition) is 2. The molecule has 1 aliphatic heterocycles. The number of carbonyl (C=O) groups excluding carboxylic acids is 1. The molecule has 0 radical (unpaired) electrons. The minimum atomic E-state index is -0.0210. The van der Waals surface area contributed by atoms with Crippen LogP contribution in [-0.2, 0) is 9.53 Å². The normalized spacial score (nSPS) is 18.3. The van der Waals surface area contributed by atoms with Gasteiger partial charge in [0.15, 0.2) is 0 Å². The van der Waals surface area contributed by atoms with Crippen molar-refractivity contribution in [2.24, 2.45) is 0 Å². The zero-order chi connectivity index (χ0) is 13.8. The smallest absolute Gasteiger partial charge is 0.234 e. The van der Waals surface area contributed by atoms with Gasteiger partial charge in [-0.2, -0.15) is 5.10 Å². The summed E-state index contributed by atoms with van der Waals surface area (Å²) in [5.74, 6) is 0.0504. The van der Waals surface area contributed by atoms with Gasteiger partial charge in [0.25, 0.3) is 0 Å². The third-order valence-corrected chi connectivity index (χ3v) is 3.47. The second kappa shape index (κ2) is 6.16. The summed E-state index contributed by atoms with van der Waals surface area (Å²) in [6.45, 7) is 9.41. The predicted octanol–water partition coefficient (Wildman–Crippen LogP) is 0.536. The number of hydrogen-bond acceptors (Lipinski definition) is 4. The molecular formula is C13H22N4O2. The molecule has 1 atom stereocenters. The summed E-state index contributed by atoms with van der Waals surface area (Å²) < 4.78 is 5.27. The molecule has 0 spiro atoms. The first-order chi connectivity index (χ1) is 9.08. The van der Waals surface area contributed by atoms with E-state index >= 15 is 0 Å². The summed E-state index contributed by atoms with van der Waals surface area (Å²) in [6.07, 6.45) is 0. The van der Waals surface area contributed by atoms with Crippen LogP contribution in [0.2, 0.25) is 0 Å².